The number of aliphatic hydroxyl groups is 1. The van der Waals surface area contributed by atoms with Gasteiger partial charge in [0.1, 0.15) is 0 Å². The second kappa shape index (κ2) is 6.75. The van der Waals surface area contributed by atoms with Crippen LogP contribution in [-0.4, -0.2) is 29.2 Å². The lowest BCUT2D eigenvalue weighted by atomic mass is 10.1. The van der Waals surface area contributed by atoms with Gasteiger partial charge in [-0.25, -0.2) is 0 Å². The maximum Gasteiger partial charge on any atom is 0.0540 e. The zero-order valence-corrected chi connectivity index (χ0v) is 11.9. The Hall–Kier alpha value is -1.30. The molecule has 2 heteroatoms. The van der Waals surface area contributed by atoms with E-state index in [1.54, 1.807) is 0 Å². The van der Waals surface area contributed by atoms with Crippen molar-refractivity contribution in [1.29, 1.82) is 0 Å². The molecule has 1 N–H and O–H groups in total. The summed E-state index contributed by atoms with van der Waals surface area (Å²) in [6.45, 7) is 7.03. The fraction of sp³-hybridized carbons (Fsp3) is 0.529. The molecule has 19 heavy (non-hydrogen) atoms. The van der Waals surface area contributed by atoms with Gasteiger partial charge in [-0.05, 0) is 37.0 Å². The van der Waals surface area contributed by atoms with Gasteiger partial charge in [0.05, 0.1) is 6.61 Å². The summed E-state index contributed by atoms with van der Waals surface area (Å²) in [6, 6.07) is 9.17. The molecule has 0 bridgehead atoms. The Morgan fingerprint density at radius 2 is 2.00 bits per heavy atom. The third kappa shape index (κ3) is 4.09. The monoisotopic (exact) mass is 257 g/mol. The SMILES string of the molecule is CC1CC(C)N(Cc2ccc(C#CCCO)cc2)C1. The van der Waals surface area contributed by atoms with Crippen LogP contribution in [0.3, 0.4) is 0 Å². The molecule has 102 valence electrons. The van der Waals surface area contributed by atoms with Gasteiger partial charge in [0.25, 0.3) is 0 Å². The number of aliphatic hydroxyl groups excluding tert-OH is 1. The molecule has 1 fully saturated rings. The van der Waals surface area contributed by atoms with E-state index >= 15 is 0 Å². The van der Waals surface area contributed by atoms with E-state index in [1.165, 1.54) is 18.5 Å². The lowest BCUT2D eigenvalue weighted by Crippen LogP contribution is -2.26. The molecular weight excluding hydrogens is 234 g/mol. The molecular formula is C17H23NO. The van der Waals surface area contributed by atoms with Crippen molar-refractivity contribution in [2.24, 2.45) is 5.92 Å². The van der Waals surface area contributed by atoms with Crippen molar-refractivity contribution >= 4 is 0 Å². The molecule has 0 radical (unpaired) electrons. The third-order valence-electron chi connectivity index (χ3n) is 3.72. The summed E-state index contributed by atoms with van der Waals surface area (Å²) >= 11 is 0. The van der Waals surface area contributed by atoms with E-state index < -0.39 is 0 Å². The molecule has 0 spiro atoms. The van der Waals surface area contributed by atoms with Gasteiger partial charge in [-0.1, -0.05) is 30.9 Å². The highest BCUT2D eigenvalue weighted by Crippen LogP contribution is 2.24. The average molecular weight is 257 g/mol. The van der Waals surface area contributed by atoms with Crippen LogP contribution in [-0.2, 0) is 6.54 Å². The lowest BCUT2D eigenvalue weighted by molar-refractivity contribution is 0.256. The van der Waals surface area contributed by atoms with Gasteiger partial charge in [-0.2, -0.15) is 0 Å². The molecule has 0 aromatic heterocycles. The van der Waals surface area contributed by atoms with E-state index in [4.69, 9.17) is 5.11 Å². The molecule has 1 aliphatic heterocycles. The van der Waals surface area contributed by atoms with Crippen LogP contribution in [0.5, 0.6) is 0 Å². The van der Waals surface area contributed by atoms with E-state index in [9.17, 15) is 0 Å². The minimum Gasteiger partial charge on any atom is -0.395 e. The number of rotatable bonds is 3. The van der Waals surface area contributed by atoms with E-state index in [-0.39, 0.29) is 6.61 Å². The van der Waals surface area contributed by atoms with Crippen molar-refractivity contribution in [3.8, 4) is 11.8 Å². The minimum atomic E-state index is 0.135. The van der Waals surface area contributed by atoms with Crippen LogP contribution in [0, 0.1) is 17.8 Å². The largest absolute Gasteiger partial charge is 0.395 e. The summed E-state index contributed by atoms with van der Waals surface area (Å²) in [5.41, 5.74) is 2.38. The highest BCUT2D eigenvalue weighted by Gasteiger charge is 2.25. The van der Waals surface area contributed by atoms with Crippen LogP contribution >= 0.6 is 0 Å². The Balaban J connectivity index is 1.94. The van der Waals surface area contributed by atoms with Gasteiger partial charge in [-0.3, -0.25) is 4.90 Å². The van der Waals surface area contributed by atoms with Crippen molar-refractivity contribution in [3.05, 3.63) is 35.4 Å². The molecule has 1 aromatic rings. The lowest BCUT2D eigenvalue weighted by Gasteiger charge is -2.20. The molecule has 2 nitrogen and oxygen atoms in total. The summed E-state index contributed by atoms with van der Waals surface area (Å²) in [5.74, 6) is 6.82. The fourth-order valence-corrected chi connectivity index (χ4v) is 2.76. The first-order valence-corrected chi connectivity index (χ1v) is 7.11. The molecule has 2 rings (SSSR count). The standard InChI is InChI=1S/C17H23NO/c1-14-11-15(2)18(12-14)13-17-8-6-16(7-9-17)5-3-4-10-19/h6-9,14-15,19H,4,10-13H2,1-2H3. The number of benzene rings is 1. The van der Waals surface area contributed by atoms with Crippen LogP contribution < -0.4 is 0 Å². The first-order chi connectivity index (χ1) is 9.19. The first-order valence-electron chi connectivity index (χ1n) is 7.11. The van der Waals surface area contributed by atoms with Crippen LogP contribution in [0.25, 0.3) is 0 Å². The molecule has 2 unspecified atom stereocenters. The van der Waals surface area contributed by atoms with Crippen LogP contribution in [0.1, 0.15) is 37.8 Å². The van der Waals surface area contributed by atoms with Gasteiger partial charge in [0, 0.05) is 31.1 Å². The van der Waals surface area contributed by atoms with Crippen molar-refractivity contribution < 1.29 is 5.11 Å². The van der Waals surface area contributed by atoms with Crippen LogP contribution in [0.15, 0.2) is 24.3 Å². The molecule has 1 aliphatic rings. The van der Waals surface area contributed by atoms with Gasteiger partial charge in [-0.15, -0.1) is 0 Å². The Bertz CT molecular complexity index is 454. The predicted octanol–water partition coefficient (Wildman–Crippen LogP) is 2.65. The predicted molar refractivity (Wildman–Crippen MR) is 78.7 cm³/mol. The van der Waals surface area contributed by atoms with Crippen LogP contribution in [0.4, 0.5) is 0 Å². The van der Waals surface area contributed by atoms with E-state index in [2.05, 4.69) is 54.9 Å². The second-order valence-corrected chi connectivity index (χ2v) is 5.59. The highest BCUT2D eigenvalue weighted by atomic mass is 16.2. The molecule has 2 atom stereocenters. The highest BCUT2D eigenvalue weighted by molar-refractivity contribution is 5.36. The second-order valence-electron chi connectivity index (χ2n) is 5.59. The Morgan fingerprint density at radius 3 is 2.58 bits per heavy atom. The van der Waals surface area contributed by atoms with Crippen molar-refractivity contribution in [2.45, 2.75) is 39.3 Å². The van der Waals surface area contributed by atoms with Crippen molar-refractivity contribution in [2.75, 3.05) is 13.2 Å². The topological polar surface area (TPSA) is 23.5 Å². The number of hydrogen-bond acceptors (Lipinski definition) is 2. The Morgan fingerprint density at radius 1 is 1.26 bits per heavy atom. The molecule has 0 amide bonds. The zero-order chi connectivity index (χ0) is 13.7. The van der Waals surface area contributed by atoms with E-state index in [0.29, 0.717) is 12.5 Å². The Labute approximate surface area is 116 Å². The minimum absolute atomic E-state index is 0.135. The third-order valence-corrected chi connectivity index (χ3v) is 3.72. The number of nitrogens with zero attached hydrogens (tertiary/aromatic N) is 1. The van der Waals surface area contributed by atoms with E-state index in [0.717, 1.165) is 18.0 Å². The first kappa shape index (κ1) is 14.1. The smallest absolute Gasteiger partial charge is 0.0540 e. The van der Waals surface area contributed by atoms with Gasteiger partial charge in [0.15, 0.2) is 0 Å². The normalized spacial score (nSPS) is 23.1. The summed E-state index contributed by atoms with van der Waals surface area (Å²) in [6.07, 6.45) is 1.86. The number of likely N-dealkylation sites (tertiary alicyclic amines) is 1. The maximum atomic E-state index is 8.69. The quantitative estimate of drug-likeness (QED) is 0.842. The van der Waals surface area contributed by atoms with E-state index in [1.807, 2.05) is 0 Å². The summed E-state index contributed by atoms with van der Waals surface area (Å²) in [5, 5.41) is 8.69. The van der Waals surface area contributed by atoms with Gasteiger partial charge >= 0.3 is 0 Å². The summed E-state index contributed by atoms with van der Waals surface area (Å²) < 4.78 is 0. The average Bonchev–Trinajstić information content (AvgIpc) is 2.70. The molecule has 0 aliphatic carbocycles. The van der Waals surface area contributed by atoms with Crippen molar-refractivity contribution in [1.82, 2.24) is 4.90 Å². The molecule has 1 aromatic carbocycles. The summed E-state index contributed by atoms with van der Waals surface area (Å²) in [7, 11) is 0. The maximum absolute atomic E-state index is 8.69. The van der Waals surface area contributed by atoms with Gasteiger partial charge < -0.3 is 5.11 Å². The molecule has 0 saturated carbocycles. The zero-order valence-electron chi connectivity index (χ0n) is 11.9. The fourth-order valence-electron chi connectivity index (χ4n) is 2.76. The molecule has 1 heterocycles. The summed E-state index contributed by atoms with van der Waals surface area (Å²) in [4.78, 5) is 2.55. The number of hydrogen-bond donors (Lipinski definition) is 1. The van der Waals surface area contributed by atoms with Gasteiger partial charge in [0.2, 0.25) is 0 Å². The van der Waals surface area contributed by atoms with Crippen molar-refractivity contribution in [3.63, 3.8) is 0 Å². The Kier molecular flexibility index (Phi) is 5.01. The van der Waals surface area contributed by atoms with Crippen LogP contribution in [0.2, 0.25) is 0 Å². The molecule has 1 saturated heterocycles.